The number of benzene rings is 3. The third kappa shape index (κ3) is 6.16. The molecule has 8 heteroatoms. The van der Waals surface area contributed by atoms with Crippen molar-refractivity contribution in [2.45, 2.75) is 26.7 Å². The van der Waals surface area contributed by atoms with Crippen molar-refractivity contribution in [1.29, 1.82) is 0 Å². The van der Waals surface area contributed by atoms with Gasteiger partial charge in [-0.05, 0) is 53.1 Å². The maximum absolute atomic E-state index is 11.3. The van der Waals surface area contributed by atoms with Crippen LogP contribution in [0.15, 0.2) is 102 Å². The molecular formula is C30H27N3O5. The molecule has 0 unspecified atom stereocenters. The van der Waals surface area contributed by atoms with Crippen molar-refractivity contribution in [3.05, 3.63) is 113 Å². The number of hydroxylamine groups is 2. The van der Waals surface area contributed by atoms with Gasteiger partial charge in [-0.2, -0.15) is 0 Å². The largest absolute Gasteiger partial charge is 0.427 e. The van der Waals surface area contributed by atoms with Crippen LogP contribution >= 0.6 is 0 Å². The van der Waals surface area contributed by atoms with Crippen LogP contribution in [0, 0.1) is 0 Å². The number of hydrogen-bond acceptors (Lipinski definition) is 8. The Labute approximate surface area is 220 Å². The first-order valence-electron chi connectivity index (χ1n) is 12.2. The maximum Gasteiger partial charge on any atom is 0.308 e. The van der Waals surface area contributed by atoms with E-state index in [1.807, 2.05) is 48.7 Å². The highest BCUT2D eigenvalue weighted by molar-refractivity contribution is 5.89. The fourth-order valence-electron chi connectivity index (χ4n) is 4.21. The van der Waals surface area contributed by atoms with Gasteiger partial charge in [-0.15, -0.1) is 0 Å². The van der Waals surface area contributed by atoms with Crippen LogP contribution in [0.1, 0.15) is 30.5 Å². The molecule has 0 spiro atoms. The van der Waals surface area contributed by atoms with Crippen molar-refractivity contribution in [1.82, 2.24) is 10.4 Å². The molecule has 2 heterocycles. The molecule has 0 saturated carbocycles. The molecule has 192 valence electrons. The monoisotopic (exact) mass is 509 g/mol. The van der Waals surface area contributed by atoms with E-state index in [2.05, 4.69) is 17.4 Å². The van der Waals surface area contributed by atoms with Crippen molar-refractivity contribution in [2.75, 3.05) is 6.61 Å². The summed E-state index contributed by atoms with van der Waals surface area (Å²) in [5, 5.41) is 5.25. The average molecular weight is 510 g/mol. The lowest BCUT2D eigenvalue weighted by molar-refractivity contribution is -0.132. The first-order valence-corrected chi connectivity index (χ1v) is 12.2. The fourth-order valence-corrected chi connectivity index (χ4v) is 4.21. The Balaban J connectivity index is 1.40. The van der Waals surface area contributed by atoms with Gasteiger partial charge in [-0.25, -0.2) is 10.1 Å². The van der Waals surface area contributed by atoms with E-state index in [1.54, 1.807) is 29.3 Å². The molecule has 0 aliphatic carbocycles. The number of nitrogens with zero attached hydrogens (tertiary/aromatic N) is 2. The molecule has 0 fully saturated rings. The molecule has 0 aromatic heterocycles. The lowest BCUT2D eigenvalue weighted by Gasteiger charge is -2.33. The molecule has 3 aromatic carbocycles. The minimum Gasteiger partial charge on any atom is -0.427 e. The van der Waals surface area contributed by atoms with Gasteiger partial charge in [0.05, 0.1) is 23.3 Å². The van der Waals surface area contributed by atoms with E-state index in [-0.39, 0.29) is 11.9 Å². The van der Waals surface area contributed by atoms with Gasteiger partial charge in [-0.3, -0.25) is 14.4 Å². The SMILES string of the molecule is CC(=O)Oc1ccc(CC2=NC3=C(Cc4ccccc4)NC(c4ccc(OC(C)=O)cc4)=CN3OC2)cc1. The first-order chi connectivity index (χ1) is 18.4. The van der Waals surface area contributed by atoms with Crippen molar-refractivity contribution >= 4 is 23.3 Å². The molecule has 5 rings (SSSR count). The van der Waals surface area contributed by atoms with E-state index in [0.717, 1.165) is 33.8 Å². The lowest BCUT2D eigenvalue weighted by atomic mass is 10.1. The fraction of sp³-hybridized carbons (Fsp3) is 0.167. The Hall–Kier alpha value is -4.69. The highest BCUT2D eigenvalue weighted by atomic mass is 16.7. The van der Waals surface area contributed by atoms with Crippen LogP contribution < -0.4 is 14.8 Å². The van der Waals surface area contributed by atoms with Gasteiger partial charge < -0.3 is 14.8 Å². The molecule has 0 atom stereocenters. The molecule has 0 bridgehead atoms. The van der Waals surface area contributed by atoms with Gasteiger partial charge in [0.1, 0.15) is 18.1 Å². The molecule has 8 nitrogen and oxygen atoms in total. The summed E-state index contributed by atoms with van der Waals surface area (Å²) in [6.07, 6.45) is 3.11. The normalized spacial score (nSPS) is 14.6. The summed E-state index contributed by atoms with van der Waals surface area (Å²) >= 11 is 0. The highest BCUT2D eigenvalue weighted by Crippen LogP contribution is 2.30. The third-order valence-corrected chi connectivity index (χ3v) is 5.89. The van der Waals surface area contributed by atoms with Gasteiger partial charge >= 0.3 is 11.9 Å². The molecule has 1 N–H and O–H groups in total. The Bertz CT molecular complexity index is 1420. The molecule has 3 aromatic rings. The quantitative estimate of drug-likeness (QED) is 0.362. The van der Waals surface area contributed by atoms with E-state index in [1.165, 1.54) is 13.8 Å². The second kappa shape index (κ2) is 11.1. The van der Waals surface area contributed by atoms with E-state index < -0.39 is 0 Å². The molecular weight excluding hydrogens is 482 g/mol. The zero-order chi connectivity index (χ0) is 26.5. The summed E-state index contributed by atoms with van der Waals surface area (Å²) in [7, 11) is 0. The Morgan fingerprint density at radius 3 is 2.08 bits per heavy atom. The van der Waals surface area contributed by atoms with Crippen molar-refractivity contribution in [2.24, 2.45) is 4.99 Å². The van der Waals surface area contributed by atoms with Gasteiger partial charge in [0.25, 0.3) is 0 Å². The van der Waals surface area contributed by atoms with Crippen molar-refractivity contribution < 1.29 is 23.9 Å². The van der Waals surface area contributed by atoms with Crippen LogP contribution in [0.3, 0.4) is 0 Å². The summed E-state index contributed by atoms with van der Waals surface area (Å²) in [4.78, 5) is 33.5. The number of esters is 2. The second-order valence-corrected chi connectivity index (χ2v) is 8.94. The Kier molecular flexibility index (Phi) is 7.33. The number of ether oxygens (including phenoxy) is 2. The summed E-state index contributed by atoms with van der Waals surface area (Å²) in [5.74, 6) is 0.992. The average Bonchev–Trinajstić information content (AvgIpc) is 2.90. The zero-order valence-electron chi connectivity index (χ0n) is 21.1. The molecule has 0 saturated heterocycles. The van der Waals surface area contributed by atoms with Crippen molar-refractivity contribution in [3.63, 3.8) is 0 Å². The van der Waals surface area contributed by atoms with Gasteiger partial charge in [0.15, 0.2) is 5.82 Å². The van der Waals surface area contributed by atoms with E-state index in [9.17, 15) is 9.59 Å². The van der Waals surface area contributed by atoms with Crippen LogP contribution in [-0.4, -0.2) is 29.3 Å². The molecule has 38 heavy (non-hydrogen) atoms. The predicted octanol–water partition coefficient (Wildman–Crippen LogP) is 4.78. The molecule has 2 aliphatic rings. The van der Waals surface area contributed by atoms with E-state index in [4.69, 9.17) is 19.3 Å². The van der Waals surface area contributed by atoms with Crippen LogP contribution in [0.2, 0.25) is 0 Å². The van der Waals surface area contributed by atoms with E-state index in [0.29, 0.717) is 36.8 Å². The van der Waals surface area contributed by atoms with Gasteiger partial charge in [0, 0.05) is 26.7 Å². The Morgan fingerprint density at radius 1 is 0.842 bits per heavy atom. The number of rotatable bonds is 7. The summed E-state index contributed by atoms with van der Waals surface area (Å²) in [6.45, 7) is 3.09. The second-order valence-electron chi connectivity index (χ2n) is 8.94. The first kappa shape index (κ1) is 25.0. The lowest BCUT2D eigenvalue weighted by Crippen LogP contribution is -2.35. The highest BCUT2D eigenvalue weighted by Gasteiger charge is 2.26. The summed E-state index contributed by atoms with van der Waals surface area (Å²) < 4.78 is 10.3. The van der Waals surface area contributed by atoms with Crippen LogP contribution in [0.4, 0.5) is 0 Å². The molecule has 0 amide bonds. The number of nitrogens with one attached hydrogen (secondary N) is 1. The number of aliphatic imine (C=N–C) groups is 1. The summed E-state index contributed by atoms with van der Waals surface area (Å²) in [5.41, 5.74) is 5.71. The van der Waals surface area contributed by atoms with Crippen LogP contribution in [0.5, 0.6) is 11.5 Å². The zero-order valence-corrected chi connectivity index (χ0v) is 21.1. The Morgan fingerprint density at radius 2 is 1.45 bits per heavy atom. The standard InChI is InChI=1S/C30H27N3O5/c1-20(34)37-26-12-8-23(9-13-26)16-25-19-36-33-18-29(24-10-14-27(15-11-24)38-21(2)35)32-28(30(33)31-25)17-22-6-4-3-5-7-22/h3-15,18,32H,16-17,19H2,1-2H3. The molecule has 0 radical (unpaired) electrons. The minimum atomic E-state index is -0.360. The van der Waals surface area contributed by atoms with Gasteiger partial charge in [-0.1, -0.05) is 42.5 Å². The smallest absolute Gasteiger partial charge is 0.308 e. The number of carbonyl (C=O) groups is 2. The van der Waals surface area contributed by atoms with Crippen LogP contribution in [0.25, 0.3) is 5.70 Å². The van der Waals surface area contributed by atoms with Crippen LogP contribution in [-0.2, 0) is 27.3 Å². The topological polar surface area (TPSA) is 89.5 Å². The molecule has 2 aliphatic heterocycles. The number of hydrogen-bond donors (Lipinski definition) is 1. The number of fused-ring (bicyclic) bond motifs is 1. The maximum atomic E-state index is 11.3. The van der Waals surface area contributed by atoms with Crippen molar-refractivity contribution in [3.8, 4) is 11.5 Å². The summed E-state index contributed by atoms with van der Waals surface area (Å²) in [6, 6.07) is 24.8. The number of allylic oxidation sites excluding steroid dienone is 1. The predicted molar refractivity (Wildman–Crippen MR) is 143 cm³/mol. The minimum absolute atomic E-state index is 0.336. The van der Waals surface area contributed by atoms with Gasteiger partial charge in [0.2, 0.25) is 0 Å². The third-order valence-electron chi connectivity index (χ3n) is 5.89. The number of carbonyl (C=O) groups excluding carboxylic acids is 2. The van der Waals surface area contributed by atoms with E-state index >= 15 is 0 Å².